The van der Waals surface area contributed by atoms with Crippen molar-refractivity contribution in [2.24, 2.45) is 0 Å². The van der Waals surface area contributed by atoms with Crippen LogP contribution in [0.1, 0.15) is 41.8 Å². The lowest BCUT2D eigenvalue weighted by Gasteiger charge is -2.35. The zero-order chi connectivity index (χ0) is 30.6. The first kappa shape index (κ1) is 30.1. The van der Waals surface area contributed by atoms with Crippen LogP contribution in [0.5, 0.6) is 11.5 Å². The smallest absolute Gasteiger partial charge is 0.262 e. The minimum Gasteiger partial charge on any atom is -0.506 e. The van der Waals surface area contributed by atoms with E-state index in [0.717, 1.165) is 49.2 Å². The highest BCUT2D eigenvalue weighted by atomic mass is 16.5. The number of aliphatic hydroxyl groups excluding tert-OH is 1. The number of piperazine rings is 1. The van der Waals surface area contributed by atoms with E-state index in [1.165, 1.54) is 6.07 Å². The highest BCUT2D eigenvalue weighted by Gasteiger charge is 2.28. The Bertz CT molecular complexity index is 1500. The molecule has 3 aromatic rings. The Morgan fingerprint density at radius 2 is 1.98 bits per heavy atom. The fourth-order valence-corrected chi connectivity index (χ4v) is 5.99. The number of carbonyl (C=O) groups excluding carboxylic acids is 2. The highest BCUT2D eigenvalue weighted by molar-refractivity contribution is 6.06. The molecule has 0 bridgehead atoms. The number of nitrogens with one attached hydrogen (secondary N) is 3. The number of ether oxygens (including phenoxy) is 2. The number of carbonyl (C=O) groups is 2. The fourth-order valence-electron chi connectivity index (χ4n) is 5.99. The number of aryl methyl sites for hydroxylation is 1. The Kier molecular flexibility index (Phi) is 9.12. The Morgan fingerprint density at radius 3 is 2.75 bits per heavy atom. The maximum Gasteiger partial charge on any atom is 0.262 e. The van der Waals surface area contributed by atoms with Gasteiger partial charge in [-0.1, -0.05) is 0 Å². The predicted molar refractivity (Wildman–Crippen MR) is 163 cm³/mol. The average molecular weight is 609 g/mol. The van der Waals surface area contributed by atoms with E-state index in [4.69, 9.17) is 9.47 Å². The van der Waals surface area contributed by atoms with Gasteiger partial charge < -0.3 is 40.5 Å². The van der Waals surface area contributed by atoms with Gasteiger partial charge in [-0.2, -0.15) is 5.10 Å². The van der Waals surface area contributed by atoms with Crippen molar-refractivity contribution in [2.75, 3.05) is 76.3 Å². The third-order valence-corrected chi connectivity index (χ3v) is 8.51. The van der Waals surface area contributed by atoms with Crippen LogP contribution in [0.3, 0.4) is 0 Å². The fraction of sp³-hybridized carbons (Fsp3) is 0.533. The number of rotatable bonds is 10. The van der Waals surface area contributed by atoms with Gasteiger partial charge in [-0.15, -0.1) is 0 Å². The molecule has 2 saturated heterocycles. The monoisotopic (exact) mass is 608 g/mol. The number of aromatic hydroxyl groups is 1. The Labute approximate surface area is 255 Å². The Balaban J connectivity index is 1.02. The van der Waals surface area contributed by atoms with Crippen molar-refractivity contribution in [3.63, 3.8) is 0 Å². The Hall–Kier alpha value is -3.98. The van der Waals surface area contributed by atoms with Crippen LogP contribution >= 0.6 is 0 Å². The molecule has 14 nitrogen and oxygen atoms in total. The molecule has 0 spiro atoms. The molecule has 1 aromatic carbocycles. The summed E-state index contributed by atoms with van der Waals surface area (Å²) in [6.45, 7) is 8.32. The van der Waals surface area contributed by atoms with Gasteiger partial charge in [0.15, 0.2) is 18.0 Å². The number of nitrogens with zero attached hydrogens (tertiary/aromatic N) is 5. The molecular formula is C30H40N8O6. The van der Waals surface area contributed by atoms with E-state index >= 15 is 0 Å². The molecule has 14 heteroatoms. The summed E-state index contributed by atoms with van der Waals surface area (Å²) in [6, 6.07) is 3.26. The second-order valence-electron chi connectivity index (χ2n) is 11.3. The van der Waals surface area contributed by atoms with E-state index in [9.17, 15) is 19.8 Å². The standard InChI is InChI=1S/C30H40N8O6/c1-2-38-29-21(16-33-38)26(34-19-5-13-43-14-6-19)22(15-32-29)30(42)37-11-9-36(10-12-37)8-7-31-17-24(40)20-3-4-23(39)27-28(20)44-18-25(41)35-27/h3-4,15-16,19,24,31,39-40H,2,5-14,17-18H2,1H3,(H,32,34)(H,35,41). The summed E-state index contributed by atoms with van der Waals surface area (Å²) in [5, 5.41) is 35.7. The van der Waals surface area contributed by atoms with Crippen LogP contribution in [0.4, 0.5) is 11.4 Å². The minimum atomic E-state index is -0.881. The number of aromatic nitrogens is 3. The Morgan fingerprint density at radius 1 is 1.18 bits per heavy atom. The van der Waals surface area contributed by atoms with Crippen molar-refractivity contribution in [3.05, 3.63) is 35.7 Å². The van der Waals surface area contributed by atoms with Crippen LogP contribution in [0.15, 0.2) is 24.5 Å². The van der Waals surface area contributed by atoms with Crippen molar-refractivity contribution in [1.29, 1.82) is 0 Å². The van der Waals surface area contributed by atoms with Crippen LogP contribution in [0.2, 0.25) is 0 Å². The maximum absolute atomic E-state index is 13.8. The second-order valence-corrected chi connectivity index (χ2v) is 11.3. The average Bonchev–Trinajstić information content (AvgIpc) is 3.48. The van der Waals surface area contributed by atoms with E-state index in [1.807, 2.05) is 16.5 Å². The molecule has 5 N–H and O–H groups in total. The van der Waals surface area contributed by atoms with Crippen LogP contribution in [0, 0.1) is 0 Å². The van der Waals surface area contributed by atoms with Crippen molar-refractivity contribution in [1.82, 2.24) is 29.9 Å². The normalized spacial score (nSPS) is 18.5. The molecule has 0 saturated carbocycles. The van der Waals surface area contributed by atoms with Crippen LogP contribution < -0.4 is 20.7 Å². The number of benzene rings is 1. The topological polar surface area (TPSA) is 166 Å². The summed E-state index contributed by atoms with van der Waals surface area (Å²) in [4.78, 5) is 34.2. The van der Waals surface area contributed by atoms with Gasteiger partial charge in [0.1, 0.15) is 11.4 Å². The number of aliphatic hydroxyl groups is 1. The quantitative estimate of drug-likeness (QED) is 0.166. The summed E-state index contributed by atoms with van der Waals surface area (Å²) in [5.74, 6) is -0.201. The van der Waals surface area contributed by atoms with Gasteiger partial charge in [-0.05, 0) is 31.9 Å². The first-order valence-electron chi connectivity index (χ1n) is 15.3. The summed E-state index contributed by atoms with van der Waals surface area (Å²) in [7, 11) is 0. The number of anilines is 2. The third-order valence-electron chi connectivity index (χ3n) is 8.51. The molecule has 0 radical (unpaired) electrons. The van der Waals surface area contributed by atoms with E-state index < -0.39 is 6.10 Å². The lowest BCUT2D eigenvalue weighted by Crippen LogP contribution is -2.50. The van der Waals surface area contributed by atoms with Crippen molar-refractivity contribution < 1.29 is 29.3 Å². The van der Waals surface area contributed by atoms with Crippen molar-refractivity contribution >= 4 is 34.2 Å². The first-order valence-corrected chi connectivity index (χ1v) is 15.3. The molecule has 6 rings (SSSR count). The summed E-state index contributed by atoms with van der Waals surface area (Å²) in [5.41, 5.74) is 2.83. The van der Waals surface area contributed by atoms with E-state index in [0.29, 0.717) is 56.3 Å². The highest BCUT2D eigenvalue weighted by Crippen LogP contribution is 2.41. The van der Waals surface area contributed by atoms with E-state index in [2.05, 4.69) is 30.9 Å². The number of amides is 2. The summed E-state index contributed by atoms with van der Waals surface area (Å²) in [6.07, 6.45) is 4.37. The molecule has 44 heavy (non-hydrogen) atoms. The van der Waals surface area contributed by atoms with Crippen LogP contribution in [-0.2, 0) is 16.1 Å². The SMILES string of the molecule is CCn1ncc2c(NC3CCOCC3)c(C(=O)N3CCN(CCNCC(O)c4ccc(O)c5c4OCC(=O)N5)CC3)cnc21. The zero-order valence-electron chi connectivity index (χ0n) is 24.9. The number of phenolic OH excluding ortho intramolecular Hbond substituents is 1. The van der Waals surface area contributed by atoms with Gasteiger partial charge in [0.2, 0.25) is 0 Å². The molecule has 1 unspecified atom stereocenters. The van der Waals surface area contributed by atoms with Crippen LogP contribution in [-0.4, -0.2) is 118 Å². The minimum absolute atomic E-state index is 0.0326. The molecule has 0 aliphatic carbocycles. The number of hydrogen-bond donors (Lipinski definition) is 5. The lowest BCUT2D eigenvalue weighted by molar-refractivity contribution is -0.118. The van der Waals surface area contributed by atoms with Gasteiger partial charge in [0.05, 0.1) is 28.9 Å². The zero-order valence-corrected chi connectivity index (χ0v) is 24.9. The maximum atomic E-state index is 13.8. The third kappa shape index (κ3) is 6.29. The summed E-state index contributed by atoms with van der Waals surface area (Å²) >= 11 is 0. The molecule has 2 aromatic heterocycles. The lowest BCUT2D eigenvalue weighted by atomic mass is 10.1. The molecule has 3 aliphatic rings. The number of hydrogen-bond acceptors (Lipinski definition) is 11. The van der Waals surface area contributed by atoms with E-state index in [1.54, 1.807) is 18.5 Å². The summed E-state index contributed by atoms with van der Waals surface area (Å²) < 4.78 is 12.9. The van der Waals surface area contributed by atoms with Gasteiger partial charge >= 0.3 is 0 Å². The number of phenols is 1. The van der Waals surface area contributed by atoms with Crippen molar-refractivity contribution in [2.45, 2.75) is 38.5 Å². The number of fused-ring (bicyclic) bond motifs is 2. The van der Waals surface area contributed by atoms with Gasteiger partial charge in [-0.25, -0.2) is 9.67 Å². The largest absolute Gasteiger partial charge is 0.506 e. The van der Waals surface area contributed by atoms with E-state index in [-0.39, 0.29) is 42.4 Å². The molecule has 2 amide bonds. The second kappa shape index (κ2) is 13.3. The van der Waals surface area contributed by atoms with Gasteiger partial charge in [0.25, 0.3) is 11.8 Å². The van der Waals surface area contributed by atoms with Gasteiger partial charge in [0, 0.05) is 83.4 Å². The number of pyridine rings is 1. The molecule has 3 aliphatic heterocycles. The molecule has 2 fully saturated rings. The van der Waals surface area contributed by atoms with Crippen LogP contribution in [0.25, 0.3) is 11.0 Å². The molecule has 5 heterocycles. The van der Waals surface area contributed by atoms with Gasteiger partial charge in [-0.3, -0.25) is 14.5 Å². The predicted octanol–water partition coefficient (Wildman–Crippen LogP) is 1.16. The first-order chi connectivity index (χ1) is 21.4. The molecular weight excluding hydrogens is 568 g/mol. The molecule has 1 atom stereocenters. The van der Waals surface area contributed by atoms with Crippen molar-refractivity contribution in [3.8, 4) is 11.5 Å². The molecule has 236 valence electrons.